The molecule has 0 heterocycles. The van der Waals surface area contributed by atoms with E-state index in [2.05, 4.69) is 196 Å². The van der Waals surface area contributed by atoms with Crippen LogP contribution in [-0.4, -0.2) is 36.4 Å². The highest BCUT2D eigenvalue weighted by atomic mass is 16.6. The summed E-state index contributed by atoms with van der Waals surface area (Å²) in [4.78, 5) is 24.7. The summed E-state index contributed by atoms with van der Waals surface area (Å²) < 4.78 is 10.8. The van der Waals surface area contributed by atoms with Gasteiger partial charge in [-0.05, 0) is 135 Å². The van der Waals surface area contributed by atoms with Gasteiger partial charge in [-0.3, -0.25) is 9.59 Å². The summed E-state index contributed by atoms with van der Waals surface area (Å²) >= 11 is 0. The molecule has 0 aliphatic heterocycles. The van der Waals surface area contributed by atoms with Crippen molar-refractivity contribution in [3.05, 3.63) is 182 Å². The number of unbranched alkanes of at least 4 members (excludes halogenated alkanes) is 35. The molecule has 0 amide bonds. The maximum absolute atomic E-state index is 12.4. The summed E-state index contributed by atoms with van der Waals surface area (Å²) in [5, 5.41) is 9.73. The van der Waals surface area contributed by atoms with E-state index in [4.69, 9.17) is 9.47 Å². The minimum Gasteiger partial charge on any atom is -0.462 e. The zero-order valence-corrected chi connectivity index (χ0v) is 62.6. The lowest BCUT2D eigenvalue weighted by atomic mass is 10.0. The molecule has 0 radical (unpaired) electrons. The number of aliphatic hydroxyl groups is 1. The van der Waals surface area contributed by atoms with E-state index in [0.717, 1.165) is 141 Å². The number of rotatable bonds is 73. The highest BCUT2D eigenvalue weighted by Crippen LogP contribution is 2.18. The average Bonchev–Trinajstić information content (AvgIpc) is 3.79. The predicted molar refractivity (Wildman–Crippen MR) is 426 cm³/mol. The van der Waals surface area contributed by atoms with E-state index < -0.39 is 6.10 Å². The van der Waals surface area contributed by atoms with Gasteiger partial charge in [0, 0.05) is 12.8 Å². The maximum atomic E-state index is 12.4. The summed E-state index contributed by atoms with van der Waals surface area (Å²) in [5.41, 5.74) is 0. The average molecular weight is 1320 g/mol. The molecule has 96 heavy (non-hydrogen) atoms. The summed E-state index contributed by atoms with van der Waals surface area (Å²) in [6.07, 6.45) is 131. The van der Waals surface area contributed by atoms with E-state index in [1.54, 1.807) is 0 Å². The second-order valence-corrected chi connectivity index (χ2v) is 26.4. The quantitative estimate of drug-likeness (QED) is 0.0373. The van der Waals surface area contributed by atoms with E-state index >= 15 is 0 Å². The molecule has 0 fully saturated rings. The first-order valence-electron chi connectivity index (χ1n) is 40.3. The Morgan fingerprint density at radius 1 is 0.240 bits per heavy atom. The fraction of sp³-hybridized carbons (Fsp3) is 0.648. The Kier molecular flexibility index (Phi) is 79.8. The highest BCUT2D eigenvalue weighted by molar-refractivity contribution is 5.70. The van der Waals surface area contributed by atoms with Crippen LogP contribution in [0.5, 0.6) is 0 Å². The summed E-state index contributed by atoms with van der Waals surface area (Å²) in [6, 6.07) is 0. The van der Waals surface area contributed by atoms with Gasteiger partial charge in [0.05, 0.1) is 6.61 Å². The van der Waals surface area contributed by atoms with E-state index in [-0.39, 0.29) is 25.2 Å². The molecule has 1 N–H and O–H groups in total. The van der Waals surface area contributed by atoms with Gasteiger partial charge in [0.15, 0.2) is 6.10 Å². The molecule has 0 aromatic carbocycles. The second kappa shape index (κ2) is 84.2. The van der Waals surface area contributed by atoms with E-state index in [0.29, 0.717) is 12.8 Å². The minimum atomic E-state index is -0.790. The Morgan fingerprint density at radius 2 is 0.417 bits per heavy atom. The van der Waals surface area contributed by atoms with Crippen LogP contribution in [0.25, 0.3) is 0 Å². The fourth-order valence-corrected chi connectivity index (χ4v) is 11.3. The summed E-state index contributed by atoms with van der Waals surface area (Å²) in [7, 11) is 0. The number of hydrogen-bond donors (Lipinski definition) is 1. The van der Waals surface area contributed by atoms with Crippen molar-refractivity contribution in [2.45, 2.75) is 367 Å². The Labute approximate surface area is 595 Å². The standard InChI is InChI=1S/C91H150O5/c1-3-5-7-9-11-13-15-17-19-21-23-25-27-29-31-33-35-37-39-41-43-45-47-49-51-53-55-57-59-61-63-65-67-69-71-73-75-77-79-81-83-85-90(93)95-88-89(87-92)96-91(94)86-84-82-80-78-76-74-72-70-68-66-64-62-60-58-56-54-52-50-48-46-44-42-40-38-36-34-32-30-28-26-24-22-20-18-16-14-12-10-8-6-4-2/h5-8,11-14,17-20,23-26,30,32,36,38,42,44,48,50,54,56,60,62,66,68,89,92H,3-4,9-10,15-16,21-22,27-29,31,33-35,37,39-41,43,45-47,49,51-53,55,57-59,61,63-65,67,69-88H2,1-2H3/b7-5-,8-6-,13-11-,14-12-,19-17-,20-18-,25-23-,26-24-,32-30-,38-36-,44-42-,50-48-,56-54-,62-60-,68-66-. The number of ether oxygens (including phenoxy) is 2. The first-order chi connectivity index (χ1) is 47.6. The molecule has 0 aliphatic carbocycles. The van der Waals surface area contributed by atoms with Gasteiger partial charge in [-0.1, -0.05) is 395 Å². The molecular formula is C91H150O5. The molecule has 0 bridgehead atoms. The van der Waals surface area contributed by atoms with Gasteiger partial charge in [-0.15, -0.1) is 0 Å². The maximum Gasteiger partial charge on any atom is 0.306 e. The Balaban J connectivity index is 3.51. The lowest BCUT2D eigenvalue weighted by Gasteiger charge is -2.15. The monoisotopic (exact) mass is 1320 g/mol. The van der Waals surface area contributed by atoms with Crippen molar-refractivity contribution in [2.24, 2.45) is 0 Å². The first-order valence-corrected chi connectivity index (χ1v) is 40.3. The van der Waals surface area contributed by atoms with Crippen molar-refractivity contribution >= 4 is 11.9 Å². The fourth-order valence-electron chi connectivity index (χ4n) is 11.3. The molecule has 0 aliphatic rings. The molecule has 0 rings (SSSR count). The van der Waals surface area contributed by atoms with Crippen molar-refractivity contribution < 1.29 is 24.2 Å². The largest absolute Gasteiger partial charge is 0.462 e. The number of aliphatic hydroxyl groups excluding tert-OH is 1. The van der Waals surface area contributed by atoms with Gasteiger partial charge >= 0.3 is 11.9 Å². The Hall–Kier alpha value is -5.00. The lowest BCUT2D eigenvalue weighted by molar-refractivity contribution is -0.161. The number of carbonyl (C=O) groups is 2. The predicted octanol–water partition coefficient (Wildman–Crippen LogP) is 28.9. The second-order valence-electron chi connectivity index (χ2n) is 26.4. The molecule has 0 aromatic rings. The van der Waals surface area contributed by atoms with Crippen LogP contribution >= 0.6 is 0 Å². The topological polar surface area (TPSA) is 72.8 Å². The van der Waals surface area contributed by atoms with Gasteiger partial charge in [0.2, 0.25) is 0 Å². The van der Waals surface area contributed by atoms with E-state index in [9.17, 15) is 14.7 Å². The SMILES string of the molecule is CC/C=C\C/C=C\C/C=C\C/C=C\C/C=C\C/C=C\C/C=C\C/C=C\C/C=C\C/C=C\C/C=C\CCCCCCCCCC(=O)OC(CO)COC(=O)CCCCCCCCCCCCCCCCCCCCCCCCCCCCCC/C=C\C/C=C\C/C=C\C/C=C\CC. The number of hydrogen-bond acceptors (Lipinski definition) is 5. The molecule has 0 saturated carbocycles. The van der Waals surface area contributed by atoms with E-state index in [1.807, 2.05) is 0 Å². The minimum absolute atomic E-state index is 0.0760. The molecule has 5 nitrogen and oxygen atoms in total. The van der Waals surface area contributed by atoms with Crippen LogP contribution < -0.4 is 0 Å². The molecule has 1 unspecified atom stereocenters. The molecular weight excluding hydrogens is 1170 g/mol. The van der Waals surface area contributed by atoms with Crippen LogP contribution in [0.4, 0.5) is 0 Å². The van der Waals surface area contributed by atoms with Crippen LogP contribution in [0, 0.1) is 0 Å². The third-order valence-electron chi connectivity index (χ3n) is 17.2. The molecule has 0 aromatic heterocycles. The van der Waals surface area contributed by atoms with Crippen molar-refractivity contribution in [3.8, 4) is 0 Å². The molecule has 0 spiro atoms. The van der Waals surface area contributed by atoms with Crippen molar-refractivity contribution in [1.29, 1.82) is 0 Å². The van der Waals surface area contributed by atoms with Crippen LogP contribution in [0.15, 0.2) is 182 Å². The van der Waals surface area contributed by atoms with Crippen LogP contribution in [0.2, 0.25) is 0 Å². The normalized spacial score (nSPS) is 13.2. The number of esters is 2. The molecule has 0 saturated heterocycles. The summed E-state index contributed by atoms with van der Waals surface area (Å²) in [6.45, 7) is 3.93. The number of allylic oxidation sites excluding steroid dienone is 30. The third kappa shape index (κ3) is 81.4. The zero-order valence-electron chi connectivity index (χ0n) is 62.6. The van der Waals surface area contributed by atoms with Crippen molar-refractivity contribution in [1.82, 2.24) is 0 Å². The Morgan fingerprint density at radius 3 is 0.625 bits per heavy atom. The van der Waals surface area contributed by atoms with E-state index in [1.165, 1.54) is 193 Å². The third-order valence-corrected chi connectivity index (χ3v) is 17.2. The van der Waals surface area contributed by atoms with Crippen molar-refractivity contribution in [3.63, 3.8) is 0 Å². The van der Waals surface area contributed by atoms with Gasteiger partial charge in [-0.2, -0.15) is 0 Å². The number of carbonyl (C=O) groups excluding carboxylic acids is 2. The smallest absolute Gasteiger partial charge is 0.306 e. The molecule has 1 atom stereocenters. The highest BCUT2D eigenvalue weighted by Gasteiger charge is 2.16. The lowest BCUT2D eigenvalue weighted by Crippen LogP contribution is -2.28. The van der Waals surface area contributed by atoms with Crippen molar-refractivity contribution in [2.75, 3.05) is 13.2 Å². The first kappa shape index (κ1) is 91.0. The van der Waals surface area contributed by atoms with Gasteiger partial charge < -0.3 is 14.6 Å². The van der Waals surface area contributed by atoms with Gasteiger partial charge in [0.1, 0.15) is 6.61 Å². The Bertz CT molecular complexity index is 2090. The molecule has 544 valence electrons. The van der Waals surface area contributed by atoms with Crippen LogP contribution in [0.3, 0.4) is 0 Å². The zero-order chi connectivity index (χ0) is 69.0. The van der Waals surface area contributed by atoms with Crippen LogP contribution in [-0.2, 0) is 19.1 Å². The summed E-state index contributed by atoms with van der Waals surface area (Å²) in [5.74, 6) is -0.599. The van der Waals surface area contributed by atoms with Gasteiger partial charge in [0.25, 0.3) is 0 Å². The van der Waals surface area contributed by atoms with Crippen LogP contribution in [0.1, 0.15) is 361 Å². The van der Waals surface area contributed by atoms with Gasteiger partial charge in [-0.25, -0.2) is 0 Å². The molecule has 5 heteroatoms.